The van der Waals surface area contributed by atoms with Crippen molar-refractivity contribution in [3.63, 3.8) is 0 Å². The summed E-state index contributed by atoms with van der Waals surface area (Å²) in [6.07, 6.45) is 5.29. The molecular formula is C13H12N4O2. The second-order valence-corrected chi connectivity index (χ2v) is 4.16. The predicted molar refractivity (Wildman–Crippen MR) is 69.8 cm³/mol. The SMILES string of the molecule is O=c1nc2n(CCO)cc(-c3ccncc3)cc-2[nH]1. The number of aromatic nitrogens is 4. The first-order valence-electron chi connectivity index (χ1n) is 5.89. The quantitative estimate of drug-likeness (QED) is 0.723. The number of fused-ring (bicyclic) bond motifs is 1. The monoisotopic (exact) mass is 256 g/mol. The molecule has 2 aliphatic rings. The average molecular weight is 256 g/mol. The van der Waals surface area contributed by atoms with Crippen molar-refractivity contribution in [3.8, 4) is 22.6 Å². The summed E-state index contributed by atoms with van der Waals surface area (Å²) in [7, 11) is 0. The van der Waals surface area contributed by atoms with Crippen LogP contribution < -0.4 is 5.69 Å². The Kier molecular flexibility index (Phi) is 2.85. The van der Waals surface area contributed by atoms with Crippen molar-refractivity contribution >= 4 is 0 Å². The van der Waals surface area contributed by atoms with Crippen LogP contribution in [0, 0.1) is 0 Å². The Labute approximate surface area is 108 Å². The topological polar surface area (TPSA) is 83.8 Å². The molecule has 96 valence electrons. The van der Waals surface area contributed by atoms with Crippen LogP contribution in [-0.2, 0) is 6.54 Å². The molecule has 1 aromatic heterocycles. The van der Waals surface area contributed by atoms with E-state index in [0.29, 0.717) is 18.1 Å². The molecule has 0 atom stereocenters. The molecule has 1 aromatic rings. The van der Waals surface area contributed by atoms with E-state index >= 15 is 0 Å². The molecule has 0 bridgehead atoms. The highest BCUT2D eigenvalue weighted by Gasteiger charge is 2.13. The summed E-state index contributed by atoms with van der Waals surface area (Å²) in [6.45, 7) is 0.375. The highest BCUT2D eigenvalue weighted by molar-refractivity contribution is 5.68. The van der Waals surface area contributed by atoms with Crippen molar-refractivity contribution in [2.45, 2.75) is 6.54 Å². The summed E-state index contributed by atoms with van der Waals surface area (Å²) in [6, 6.07) is 5.64. The molecule has 6 nitrogen and oxygen atoms in total. The molecule has 0 amide bonds. The fourth-order valence-electron chi connectivity index (χ4n) is 2.08. The number of rotatable bonds is 3. The third-order valence-corrected chi connectivity index (χ3v) is 2.91. The van der Waals surface area contributed by atoms with Crippen LogP contribution in [0.3, 0.4) is 0 Å². The normalized spacial score (nSPS) is 11.0. The highest BCUT2D eigenvalue weighted by Crippen LogP contribution is 2.25. The van der Waals surface area contributed by atoms with Gasteiger partial charge in [-0.3, -0.25) is 4.98 Å². The zero-order valence-electron chi connectivity index (χ0n) is 10.1. The van der Waals surface area contributed by atoms with E-state index < -0.39 is 0 Å². The Bertz CT molecular complexity index is 717. The van der Waals surface area contributed by atoms with Gasteiger partial charge >= 0.3 is 5.69 Å². The van der Waals surface area contributed by atoms with Crippen molar-refractivity contribution in [3.05, 3.63) is 47.3 Å². The Morgan fingerprint density at radius 1 is 1.26 bits per heavy atom. The lowest BCUT2D eigenvalue weighted by Crippen LogP contribution is -2.08. The highest BCUT2D eigenvalue weighted by atomic mass is 16.3. The van der Waals surface area contributed by atoms with Crippen molar-refractivity contribution in [1.29, 1.82) is 0 Å². The van der Waals surface area contributed by atoms with Gasteiger partial charge in [-0.25, -0.2) is 4.79 Å². The summed E-state index contributed by atoms with van der Waals surface area (Å²) in [5.41, 5.74) is 2.21. The Morgan fingerprint density at radius 2 is 2.05 bits per heavy atom. The molecule has 2 N–H and O–H groups in total. The number of hydrogen-bond donors (Lipinski definition) is 2. The molecule has 3 heterocycles. The Hall–Kier alpha value is -2.47. The first-order chi connectivity index (χ1) is 9.28. The lowest BCUT2D eigenvalue weighted by Gasteiger charge is -2.12. The minimum absolute atomic E-state index is 0.0133. The van der Waals surface area contributed by atoms with Crippen LogP contribution in [0.5, 0.6) is 0 Å². The van der Waals surface area contributed by atoms with Crippen LogP contribution in [0.4, 0.5) is 0 Å². The molecule has 0 aromatic carbocycles. The molecule has 0 unspecified atom stereocenters. The van der Waals surface area contributed by atoms with E-state index in [4.69, 9.17) is 5.11 Å². The van der Waals surface area contributed by atoms with Gasteiger partial charge < -0.3 is 14.7 Å². The number of hydrogen-bond acceptors (Lipinski definition) is 4. The third-order valence-electron chi connectivity index (χ3n) is 2.91. The van der Waals surface area contributed by atoms with Gasteiger partial charge in [0, 0.05) is 30.7 Å². The van der Waals surface area contributed by atoms with Crippen LogP contribution in [0.2, 0.25) is 0 Å². The van der Waals surface area contributed by atoms with Crippen LogP contribution in [-0.4, -0.2) is 31.2 Å². The van der Waals surface area contributed by atoms with Gasteiger partial charge in [-0.2, -0.15) is 4.98 Å². The summed E-state index contributed by atoms with van der Waals surface area (Å²) < 4.78 is 1.77. The van der Waals surface area contributed by atoms with Gasteiger partial charge in [-0.05, 0) is 23.8 Å². The number of imidazole rings is 1. The second kappa shape index (κ2) is 4.66. The van der Waals surface area contributed by atoms with E-state index in [1.807, 2.05) is 24.4 Å². The minimum atomic E-state index is -0.381. The fourth-order valence-corrected chi connectivity index (χ4v) is 2.08. The van der Waals surface area contributed by atoms with Gasteiger partial charge in [0.05, 0.1) is 12.3 Å². The van der Waals surface area contributed by atoms with Gasteiger partial charge in [0.15, 0.2) is 5.82 Å². The summed E-state index contributed by atoms with van der Waals surface area (Å²) in [5, 5.41) is 9.10. The number of H-pyrrole nitrogens is 1. The molecular weight excluding hydrogens is 244 g/mol. The van der Waals surface area contributed by atoms with Gasteiger partial charge in [0.25, 0.3) is 0 Å². The Balaban J connectivity index is 2.21. The van der Waals surface area contributed by atoms with Crippen LogP contribution in [0.1, 0.15) is 0 Å². The smallest absolute Gasteiger partial charge is 0.347 e. The fraction of sp³-hybridized carbons (Fsp3) is 0.154. The van der Waals surface area contributed by atoms with E-state index in [1.165, 1.54) is 0 Å². The number of nitrogens with one attached hydrogen (secondary N) is 1. The number of aliphatic hydroxyl groups is 1. The molecule has 3 rings (SSSR count). The molecule has 0 fully saturated rings. The molecule has 19 heavy (non-hydrogen) atoms. The van der Waals surface area contributed by atoms with E-state index in [1.54, 1.807) is 17.0 Å². The molecule has 6 heteroatoms. The molecule has 0 aliphatic carbocycles. The maximum Gasteiger partial charge on any atom is 0.347 e. The lowest BCUT2D eigenvalue weighted by molar-refractivity contribution is 0.276. The van der Waals surface area contributed by atoms with Gasteiger partial charge in [0.2, 0.25) is 0 Å². The van der Waals surface area contributed by atoms with Crippen molar-refractivity contribution < 1.29 is 5.11 Å². The number of nitrogens with zero attached hydrogens (tertiary/aromatic N) is 3. The van der Waals surface area contributed by atoms with Crippen LogP contribution >= 0.6 is 0 Å². The first kappa shape index (κ1) is 11.6. The first-order valence-corrected chi connectivity index (χ1v) is 5.89. The maximum atomic E-state index is 11.3. The second-order valence-electron chi connectivity index (χ2n) is 4.16. The standard InChI is InChI=1S/C13H12N4O2/c18-6-5-17-8-10(9-1-3-14-4-2-9)7-11-12(17)16-13(19)15-11/h1-4,7-8,18H,5-6H2,(H,15,19). The summed E-state index contributed by atoms with van der Waals surface area (Å²) in [5.74, 6) is 0.553. The third kappa shape index (κ3) is 2.13. The number of aromatic amines is 1. The molecule has 0 saturated carbocycles. The maximum absolute atomic E-state index is 11.3. The van der Waals surface area contributed by atoms with Crippen molar-refractivity contribution in [2.24, 2.45) is 0 Å². The lowest BCUT2D eigenvalue weighted by atomic mass is 10.1. The molecule has 0 saturated heterocycles. The Morgan fingerprint density at radius 3 is 2.79 bits per heavy atom. The molecule has 0 radical (unpaired) electrons. The molecule has 2 aliphatic heterocycles. The largest absolute Gasteiger partial charge is 0.395 e. The van der Waals surface area contributed by atoms with Crippen molar-refractivity contribution in [2.75, 3.05) is 6.61 Å². The van der Waals surface area contributed by atoms with Gasteiger partial charge in [-0.1, -0.05) is 0 Å². The summed E-state index contributed by atoms with van der Waals surface area (Å²) >= 11 is 0. The van der Waals surface area contributed by atoms with E-state index in [9.17, 15) is 4.79 Å². The zero-order valence-corrected chi connectivity index (χ0v) is 10.1. The average Bonchev–Trinajstić information content (AvgIpc) is 2.80. The van der Waals surface area contributed by atoms with Crippen molar-refractivity contribution in [1.82, 2.24) is 19.5 Å². The van der Waals surface area contributed by atoms with Crippen LogP contribution in [0.25, 0.3) is 22.6 Å². The van der Waals surface area contributed by atoms with E-state index in [2.05, 4.69) is 15.0 Å². The summed E-state index contributed by atoms with van der Waals surface area (Å²) in [4.78, 5) is 21.9. The molecule has 0 spiro atoms. The van der Waals surface area contributed by atoms with Crippen LogP contribution in [0.15, 0.2) is 41.6 Å². The minimum Gasteiger partial charge on any atom is -0.395 e. The van der Waals surface area contributed by atoms with Gasteiger partial charge in [-0.15, -0.1) is 0 Å². The zero-order chi connectivity index (χ0) is 13.2. The number of pyridine rings is 2. The van der Waals surface area contributed by atoms with Gasteiger partial charge in [0.1, 0.15) is 0 Å². The van der Waals surface area contributed by atoms with E-state index in [0.717, 1.165) is 11.1 Å². The number of aliphatic hydroxyl groups excluding tert-OH is 1. The predicted octanol–water partition coefficient (Wildman–Crippen LogP) is 0.730. The van der Waals surface area contributed by atoms with E-state index in [-0.39, 0.29) is 12.3 Å².